The number of nitrogens with one attached hydrogen (secondary N) is 1. The molecule has 6 nitrogen and oxygen atoms in total. The van der Waals surface area contributed by atoms with Crippen molar-refractivity contribution in [2.24, 2.45) is 5.73 Å². The lowest BCUT2D eigenvalue weighted by Gasteiger charge is -2.22. The maximum Gasteiger partial charge on any atom is 0.237 e. The fraction of sp³-hybridized carbons (Fsp3) is 0.625. The second-order valence-corrected chi connectivity index (χ2v) is 5.54. The molecule has 6 heteroatoms. The van der Waals surface area contributed by atoms with Gasteiger partial charge in [0.05, 0.1) is 19.3 Å². The minimum Gasteiger partial charge on any atom is -0.474 e. The summed E-state index contributed by atoms with van der Waals surface area (Å²) in [5.74, 6) is 0.474. The van der Waals surface area contributed by atoms with Crippen LogP contribution >= 0.6 is 0 Å². The van der Waals surface area contributed by atoms with Crippen molar-refractivity contribution in [2.75, 3.05) is 13.2 Å². The molecular formula is C16H25N3O3. The summed E-state index contributed by atoms with van der Waals surface area (Å²) in [7, 11) is 0. The number of amides is 1. The van der Waals surface area contributed by atoms with Crippen LogP contribution in [0, 0.1) is 0 Å². The second kappa shape index (κ2) is 8.70. The summed E-state index contributed by atoms with van der Waals surface area (Å²) in [6.45, 7) is 3.91. The Morgan fingerprint density at radius 2 is 2.32 bits per heavy atom. The van der Waals surface area contributed by atoms with Crippen LogP contribution in [-0.2, 0) is 16.1 Å². The fourth-order valence-electron chi connectivity index (χ4n) is 2.35. The van der Waals surface area contributed by atoms with Crippen LogP contribution < -0.4 is 15.8 Å². The first kappa shape index (κ1) is 16.7. The molecule has 1 aliphatic heterocycles. The van der Waals surface area contributed by atoms with Crippen LogP contribution in [0.2, 0.25) is 0 Å². The molecule has 122 valence electrons. The number of carbonyl (C=O) groups is 1. The van der Waals surface area contributed by atoms with Gasteiger partial charge in [0.2, 0.25) is 11.8 Å². The standard InChI is InChI=1S/C16H25N3O3/c1-2-3-14(17)16(20)19-11-12-4-7-18-15(10-12)22-13-5-8-21-9-6-13/h4,7,10,13-14H,2-3,5-6,8-9,11,17H2,1H3,(H,19,20). The van der Waals surface area contributed by atoms with Gasteiger partial charge in [-0.15, -0.1) is 0 Å². The van der Waals surface area contributed by atoms with Crippen molar-refractivity contribution in [2.45, 2.75) is 51.3 Å². The zero-order chi connectivity index (χ0) is 15.8. The fourth-order valence-corrected chi connectivity index (χ4v) is 2.35. The van der Waals surface area contributed by atoms with E-state index in [0.29, 0.717) is 18.8 Å². The molecule has 1 unspecified atom stereocenters. The lowest BCUT2D eigenvalue weighted by atomic mass is 10.1. The molecule has 1 aromatic heterocycles. The maximum atomic E-state index is 11.8. The Morgan fingerprint density at radius 1 is 1.55 bits per heavy atom. The summed E-state index contributed by atoms with van der Waals surface area (Å²) in [6.07, 6.45) is 5.21. The molecule has 0 spiro atoms. The smallest absolute Gasteiger partial charge is 0.237 e. The molecule has 0 bridgehead atoms. The predicted molar refractivity (Wildman–Crippen MR) is 83.4 cm³/mol. The maximum absolute atomic E-state index is 11.8. The van der Waals surface area contributed by atoms with Gasteiger partial charge in [0.1, 0.15) is 6.10 Å². The molecule has 0 aromatic carbocycles. The summed E-state index contributed by atoms with van der Waals surface area (Å²) in [5, 5.41) is 2.85. The Hall–Kier alpha value is -1.66. The molecule has 1 atom stereocenters. The van der Waals surface area contributed by atoms with Crippen molar-refractivity contribution >= 4 is 5.91 Å². The first-order valence-electron chi connectivity index (χ1n) is 7.91. The Morgan fingerprint density at radius 3 is 3.05 bits per heavy atom. The van der Waals surface area contributed by atoms with E-state index in [1.165, 1.54) is 0 Å². The quantitative estimate of drug-likeness (QED) is 0.795. The number of hydrogen-bond donors (Lipinski definition) is 2. The average Bonchev–Trinajstić information content (AvgIpc) is 2.54. The van der Waals surface area contributed by atoms with Crippen LogP contribution in [0.25, 0.3) is 0 Å². The van der Waals surface area contributed by atoms with Gasteiger partial charge in [0.25, 0.3) is 0 Å². The van der Waals surface area contributed by atoms with Gasteiger partial charge < -0.3 is 20.5 Å². The molecule has 22 heavy (non-hydrogen) atoms. The summed E-state index contributed by atoms with van der Waals surface area (Å²) >= 11 is 0. The summed E-state index contributed by atoms with van der Waals surface area (Å²) in [5.41, 5.74) is 6.74. The second-order valence-electron chi connectivity index (χ2n) is 5.54. The molecule has 3 N–H and O–H groups in total. The highest BCUT2D eigenvalue weighted by Crippen LogP contribution is 2.16. The van der Waals surface area contributed by atoms with E-state index in [-0.39, 0.29) is 12.0 Å². The van der Waals surface area contributed by atoms with E-state index in [9.17, 15) is 4.79 Å². The van der Waals surface area contributed by atoms with Crippen LogP contribution in [0.15, 0.2) is 18.3 Å². The summed E-state index contributed by atoms with van der Waals surface area (Å²) in [4.78, 5) is 16.0. The number of carbonyl (C=O) groups excluding carboxylic acids is 1. The molecule has 0 aliphatic carbocycles. The van der Waals surface area contributed by atoms with E-state index >= 15 is 0 Å². The van der Waals surface area contributed by atoms with Gasteiger partial charge in [-0.3, -0.25) is 4.79 Å². The largest absolute Gasteiger partial charge is 0.474 e. The average molecular weight is 307 g/mol. The van der Waals surface area contributed by atoms with E-state index in [1.807, 2.05) is 19.1 Å². The van der Waals surface area contributed by atoms with Crippen LogP contribution in [0.5, 0.6) is 5.88 Å². The molecule has 0 radical (unpaired) electrons. The third-order valence-corrected chi connectivity index (χ3v) is 3.66. The monoisotopic (exact) mass is 307 g/mol. The van der Waals surface area contributed by atoms with Crippen LogP contribution in [0.3, 0.4) is 0 Å². The lowest BCUT2D eigenvalue weighted by molar-refractivity contribution is -0.122. The van der Waals surface area contributed by atoms with Crippen molar-refractivity contribution in [1.82, 2.24) is 10.3 Å². The highest BCUT2D eigenvalue weighted by Gasteiger charge is 2.16. The normalized spacial score (nSPS) is 17.0. The summed E-state index contributed by atoms with van der Waals surface area (Å²) < 4.78 is 11.2. The first-order valence-corrected chi connectivity index (χ1v) is 7.91. The SMILES string of the molecule is CCCC(N)C(=O)NCc1ccnc(OC2CCOCC2)c1. The highest BCUT2D eigenvalue weighted by molar-refractivity contribution is 5.81. The number of hydrogen-bond acceptors (Lipinski definition) is 5. The zero-order valence-electron chi connectivity index (χ0n) is 13.1. The summed E-state index contributed by atoms with van der Waals surface area (Å²) in [6, 6.07) is 3.29. The van der Waals surface area contributed by atoms with Gasteiger partial charge in [0.15, 0.2) is 0 Å². The van der Waals surface area contributed by atoms with Crippen molar-refractivity contribution in [3.8, 4) is 5.88 Å². The van der Waals surface area contributed by atoms with Crippen molar-refractivity contribution in [3.63, 3.8) is 0 Å². The Balaban J connectivity index is 1.84. The van der Waals surface area contributed by atoms with E-state index in [4.69, 9.17) is 15.2 Å². The van der Waals surface area contributed by atoms with E-state index < -0.39 is 6.04 Å². The van der Waals surface area contributed by atoms with Crippen LogP contribution in [0.1, 0.15) is 38.2 Å². The molecule has 2 rings (SSSR count). The number of ether oxygens (including phenoxy) is 2. The Labute approximate surface area is 131 Å². The number of aromatic nitrogens is 1. The third kappa shape index (κ3) is 5.27. The number of pyridine rings is 1. The van der Waals surface area contributed by atoms with Crippen molar-refractivity contribution in [3.05, 3.63) is 23.9 Å². The molecule has 0 saturated carbocycles. The Bertz CT molecular complexity index is 475. The molecule has 1 saturated heterocycles. The Kier molecular flexibility index (Phi) is 6.61. The molecule has 1 aliphatic rings. The molecule has 1 aromatic rings. The molecule has 2 heterocycles. The number of rotatable bonds is 7. The first-order chi connectivity index (χ1) is 10.7. The van der Waals surface area contributed by atoms with Gasteiger partial charge in [0, 0.05) is 31.6 Å². The number of nitrogens with two attached hydrogens (primary N) is 1. The van der Waals surface area contributed by atoms with E-state index in [0.717, 1.165) is 38.0 Å². The molecule has 1 fully saturated rings. The minimum atomic E-state index is -0.440. The third-order valence-electron chi connectivity index (χ3n) is 3.66. The topological polar surface area (TPSA) is 86.5 Å². The lowest BCUT2D eigenvalue weighted by Crippen LogP contribution is -2.40. The van der Waals surface area contributed by atoms with E-state index in [2.05, 4.69) is 10.3 Å². The van der Waals surface area contributed by atoms with Gasteiger partial charge in [-0.2, -0.15) is 0 Å². The van der Waals surface area contributed by atoms with Crippen LogP contribution in [-0.4, -0.2) is 36.3 Å². The van der Waals surface area contributed by atoms with Gasteiger partial charge in [-0.05, 0) is 18.1 Å². The highest BCUT2D eigenvalue weighted by atomic mass is 16.5. The van der Waals surface area contributed by atoms with Gasteiger partial charge in [-0.1, -0.05) is 13.3 Å². The predicted octanol–water partition coefficient (Wildman–Crippen LogP) is 1.38. The van der Waals surface area contributed by atoms with Crippen molar-refractivity contribution < 1.29 is 14.3 Å². The van der Waals surface area contributed by atoms with E-state index in [1.54, 1.807) is 6.20 Å². The van der Waals surface area contributed by atoms with Gasteiger partial charge in [-0.25, -0.2) is 4.98 Å². The number of nitrogens with zero attached hydrogens (tertiary/aromatic N) is 1. The van der Waals surface area contributed by atoms with Gasteiger partial charge >= 0.3 is 0 Å². The molecule has 1 amide bonds. The zero-order valence-corrected chi connectivity index (χ0v) is 13.1. The van der Waals surface area contributed by atoms with Crippen LogP contribution in [0.4, 0.5) is 0 Å². The van der Waals surface area contributed by atoms with Crippen molar-refractivity contribution in [1.29, 1.82) is 0 Å². The molecular weight excluding hydrogens is 282 g/mol. The minimum absolute atomic E-state index is 0.120.